The zero-order valence-electron chi connectivity index (χ0n) is 18.2. The fourth-order valence-corrected chi connectivity index (χ4v) is 6.70. The van der Waals surface area contributed by atoms with E-state index >= 15 is 0 Å². The molecule has 5 rings (SSSR count). The molecular weight excluding hydrogens is 410 g/mol. The third-order valence-corrected chi connectivity index (χ3v) is 8.36. The minimum atomic E-state index is 0.174. The van der Waals surface area contributed by atoms with Crippen molar-refractivity contribution in [2.75, 3.05) is 52.5 Å². The molecule has 0 N–H and O–H groups in total. The molecule has 0 spiro atoms. The molecule has 3 fully saturated rings. The highest BCUT2D eigenvalue weighted by atomic mass is 32.1. The van der Waals surface area contributed by atoms with E-state index in [1.165, 1.54) is 15.6 Å². The lowest BCUT2D eigenvalue weighted by Gasteiger charge is -2.36. The maximum absolute atomic E-state index is 13.5. The predicted molar refractivity (Wildman–Crippen MR) is 123 cm³/mol. The molecule has 3 saturated heterocycles. The average molecular weight is 442 g/mol. The Morgan fingerprint density at radius 1 is 0.968 bits per heavy atom. The van der Waals surface area contributed by atoms with Crippen molar-refractivity contribution in [3.05, 3.63) is 34.7 Å². The highest BCUT2D eigenvalue weighted by Gasteiger charge is 2.35. The van der Waals surface area contributed by atoms with E-state index in [1.54, 1.807) is 18.3 Å². The highest BCUT2D eigenvalue weighted by Crippen LogP contribution is 2.41. The molecule has 0 bridgehead atoms. The summed E-state index contributed by atoms with van der Waals surface area (Å²) in [4.78, 5) is 32.6. The molecule has 1 aromatic heterocycles. The fraction of sp³-hybridized carbons (Fsp3) is 0.583. The monoisotopic (exact) mass is 441 g/mol. The summed E-state index contributed by atoms with van der Waals surface area (Å²) in [7, 11) is 0. The lowest BCUT2D eigenvalue weighted by molar-refractivity contribution is -0.130. The summed E-state index contributed by atoms with van der Waals surface area (Å²) in [5.74, 6) is 0.753. The summed E-state index contributed by atoms with van der Waals surface area (Å²) in [6.07, 6.45) is 3.20. The van der Waals surface area contributed by atoms with Gasteiger partial charge in [-0.25, -0.2) is 0 Å². The van der Waals surface area contributed by atoms with Gasteiger partial charge in [-0.05, 0) is 42.8 Å². The van der Waals surface area contributed by atoms with Crippen LogP contribution in [0.1, 0.15) is 47.3 Å². The normalized spacial score (nSPS) is 23.6. The molecule has 4 heterocycles. The Hall–Kier alpha value is -1.96. The van der Waals surface area contributed by atoms with Crippen LogP contribution in [0, 0.1) is 0 Å². The minimum absolute atomic E-state index is 0.174. The Bertz CT molecular complexity index is 960. The number of benzene rings is 1. The molecule has 7 heteroatoms. The van der Waals surface area contributed by atoms with E-state index in [0.717, 1.165) is 50.3 Å². The van der Waals surface area contributed by atoms with Crippen LogP contribution in [-0.2, 0) is 9.53 Å². The number of likely N-dealkylation sites (tertiary alicyclic amines) is 2. The van der Waals surface area contributed by atoms with E-state index in [0.29, 0.717) is 38.3 Å². The number of carbonyl (C=O) groups is 2. The second-order valence-corrected chi connectivity index (χ2v) is 10.0. The summed E-state index contributed by atoms with van der Waals surface area (Å²) in [5.41, 5.74) is 1.26. The quantitative estimate of drug-likeness (QED) is 0.734. The lowest BCUT2D eigenvalue weighted by Crippen LogP contribution is -2.45. The van der Waals surface area contributed by atoms with E-state index in [4.69, 9.17) is 4.74 Å². The van der Waals surface area contributed by atoms with Gasteiger partial charge < -0.3 is 14.5 Å². The number of hydrogen-bond acceptors (Lipinski definition) is 5. The molecule has 0 aliphatic carbocycles. The Morgan fingerprint density at radius 3 is 2.45 bits per heavy atom. The standard InChI is InChI=1S/C24H31N3O3S/c1-17(28)25-10-7-19(8-11-25)27-9-6-18(16-27)22-20-4-2-3-5-21(20)31-23(22)24(29)26-12-14-30-15-13-26/h2-5,18-19H,6-16H2,1H3. The maximum atomic E-state index is 13.5. The van der Waals surface area contributed by atoms with Gasteiger partial charge in [0.05, 0.1) is 18.1 Å². The molecule has 3 aliphatic heterocycles. The smallest absolute Gasteiger partial charge is 0.264 e. The molecule has 0 radical (unpaired) electrons. The molecule has 166 valence electrons. The van der Waals surface area contributed by atoms with Crippen LogP contribution in [0.3, 0.4) is 0 Å². The van der Waals surface area contributed by atoms with Crippen molar-refractivity contribution in [2.24, 2.45) is 0 Å². The number of carbonyl (C=O) groups excluding carboxylic acids is 2. The number of hydrogen-bond donors (Lipinski definition) is 0. The molecule has 0 saturated carbocycles. The minimum Gasteiger partial charge on any atom is -0.378 e. The third-order valence-electron chi connectivity index (χ3n) is 7.18. The largest absolute Gasteiger partial charge is 0.378 e. The first-order valence-corrected chi connectivity index (χ1v) is 12.3. The number of thiophene rings is 1. The topological polar surface area (TPSA) is 53.1 Å². The van der Waals surface area contributed by atoms with Gasteiger partial charge in [0.25, 0.3) is 5.91 Å². The maximum Gasteiger partial charge on any atom is 0.264 e. The van der Waals surface area contributed by atoms with Crippen LogP contribution in [0.15, 0.2) is 24.3 Å². The first kappa shape index (κ1) is 20.9. The number of nitrogens with zero attached hydrogens (tertiary/aromatic N) is 3. The van der Waals surface area contributed by atoms with Gasteiger partial charge in [0.1, 0.15) is 0 Å². The van der Waals surface area contributed by atoms with Gasteiger partial charge in [0, 0.05) is 56.3 Å². The van der Waals surface area contributed by atoms with Gasteiger partial charge in [0.15, 0.2) is 0 Å². The molecule has 1 unspecified atom stereocenters. The SMILES string of the molecule is CC(=O)N1CCC(N2CCC(c3c(C(=O)N4CCOCC4)sc4ccccc34)C2)CC1. The van der Waals surface area contributed by atoms with Crippen LogP contribution in [-0.4, -0.2) is 85.0 Å². The fourth-order valence-electron chi connectivity index (χ4n) is 5.44. The number of rotatable bonds is 3. The predicted octanol–water partition coefficient (Wildman–Crippen LogP) is 3.17. The van der Waals surface area contributed by atoms with Gasteiger partial charge >= 0.3 is 0 Å². The second kappa shape index (κ2) is 8.88. The first-order chi connectivity index (χ1) is 15.1. The molecule has 3 aliphatic rings. The van der Waals surface area contributed by atoms with Crippen molar-refractivity contribution >= 4 is 33.2 Å². The van der Waals surface area contributed by atoms with Gasteiger partial charge in [-0.3, -0.25) is 14.5 Å². The van der Waals surface area contributed by atoms with Crippen LogP contribution in [0.2, 0.25) is 0 Å². The summed E-state index contributed by atoms with van der Waals surface area (Å²) in [6.45, 7) is 8.09. The van der Waals surface area contributed by atoms with Crippen molar-refractivity contribution in [3.8, 4) is 0 Å². The Morgan fingerprint density at radius 2 is 1.71 bits per heavy atom. The molecule has 2 amide bonds. The summed E-state index contributed by atoms with van der Waals surface area (Å²) < 4.78 is 6.67. The second-order valence-electron chi connectivity index (χ2n) is 8.96. The van der Waals surface area contributed by atoms with Gasteiger partial charge in [0.2, 0.25) is 5.91 Å². The number of morpholine rings is 1. The van der Waals surface area contributed by atoms with Gasteiger partial charge in [-0.15, -0.1) is 11.3 Å². The molecular formula is C24H31N3O3S. The van der Waals surface area contributed by atoms with Gasteiger partial charge in [-0.2, -0.15) is 0 Å². The van der Waals surface area contributed by atoms with Crippen molar-refractivity contribution in [3.63, 3.8) is 0 Å². The van der Waals surface area contributed by atoms with E-state index < -0.39 is 0 Å². The number of piperidine rings is 1. The zero-order chi connectivity index (χ0) is 21.4. The van der Waals surface area contributed by atoms with Crippen molar-refractivity contribution in [1.82, 2.24) is 14.7 Å². The molecule has 1 aromatic carbocycles. The van der Waals surface area contributed by atoms with Crippen LogP contribution in [0.25, 0.3) is 10.1 Å². The first-order valence-electron chi connectivity index (χ1n) is 11.5. The summed E-state index contributed by atoms with van der Waals surface area (Å²) >= 11 is 1.66. The van der Waals surface area contributed by atoms with E-state index in [1.807, 2.05) is 9.80 Å². The number of fused-ring (bicyclic) bond motifs is 1. The van der Waals surface area contributed by atoms with E-state index in [-0.39, 0.29) is 11.8 Å². The van der Waals surface area contributed by atoms with Crippen molar-refractivity contribution in [2.45, 2.75) is 38.1 Å². The van der Waals surface area contributed by atoms with Gasteiger partial charge in [-0.1, -0.05) is 18.2 Å². The average Bonchev–Trinajstić information content (AvgIpc) is 3.44. The van der Waals surface area contributed by atoms with E-state index in [9.17, 15) is 9.59 Å². The van der Waals surface area contributed by atoms with Crippen molar-refractivity contribution < 1.29 is 14.3 Å². The van der Waals surface area contributed by atoms with Crippen LogP contribution in [0.5, 0.6) is 0 Å². The molecule has 31 heavy (non-hydrogen) atoms. The molecule has 2 aromatic rings. The van der Waals surface area contributed by atoms with Crippen molar-refractivity contribution in [1.29, 1.82) is 0 Å². The Labute approximate surface area is 187 Å². The summed E-state index contributed by atoms with van der Waals surface area (Å²) in [6, 6.07) is 9.03. The lowest BCUT2D eigenvalue weighted by atomic mass is 9.94. The summed E-state index contributed by atoms with van der Waals surface area (Å²) in [5, 5.41) is 1.25. The molecule has 6 nitrogen and oxygen atoms in total. The van der Waals surface area contributed by atoms with Crippen LogP contribution >= 0.6 is 11.3 Å². The third kappa shape index (κ3) is 4.11. The number of ether oxygens (including phenoxy) is 1. The van der Waals surface area contributed by atoms with Crippen LogP contribution in [0.4, 0.5) is 0 Å². The highest BCUT2D eigenvalue weighted by molar-refractivity contribution is 7.21. The van der Waals surface area contributed by atoms with Crippen LogP contribution < -0.4 is 0 Å². The Kier molecular flexibility index (Phi) is 5.99. The molecule has 1 atom stereocenters. The van der Waals surface area contributed by atoms with E-state index in [2.05, 4.69) is 29.2 Å². The Balaban J connectivity index is 1.37. The zero-order valence-corrected chi connectivity index (χ0v) is 19.0. The number of amides is 2.